The average Bonchev–Trinajstić information content (AvgIpc) is 2.72. The molecule has 8 heteroatoms. The smallest absolute Gasteiger partial charge is 0.308 e. The molecule has 0 aliphatic carbocycles. The summed E-state index contributed by atoms with van der Waals surface area (Å²) in [6.07, 6.45) is 2.38. The van der Waals surface area contributed by atoms with Crippen molar-refractivity contribution in [3.05, 3.63) is 75.8 Å². The SMILES string of the molecule is COc1ccc(/C=C/C(=O)NCCC(=O)O[C@H](C)c2cccc([N+](=O)[O-])c2)cc1. The standard InChI is InChI=1S/C21H22N2O6/c1-15(17-4-3-5-18(14-17)23(26)27)29-21(25)12-13-22-20(24)11-8-16-6-9-19(28-2)10-7-16/h3-11,14-15H,12-13H2,1-2H3,(H,22,24)/b11-8+/t15-/m1/s1. The predicted octanol–water partition coefficient (Wildman–Crippen LogP) is 3.43. The quantitative estimate of drug-likeness (QED) is 0.300. The highest BCUT2D eigenvalue weighted by molar-refractivity contribution is 5.91. The summed E-state index contributed by atoms with van der Waals surface area (Å²) in [4.78, 5) is 34.1. The number of carbonyl (C=O) groups excluding carboxylic acids is 2. The van der Waals surface area contributed by atoms with E-state index in [2.05, 4.69) is 5.32 Å². The molecule has 0 saturated heterocycles. The molecule has 2 aromatic carbocycles. The summed E-state index contributed by atoms with van der Waals surface area (Å²) in [5.74, 6) is -0.117. The molecule has 0 heterocycles. The molecule has 152 valence electrons. The first kappa shape index (κ1) is 21.6. The highest BCUT2D eigenvalue weighted by Crippen LogP contribution is 2.22. The number of methoxy groups -OCH3 is 1. The minimum absolute atomic E-state index is 0.0125. The first-order valence-electron chi connectivity index (χ1n) is 8.93. The largest absolute Gasteiger partial charge is 0.497 e. The molecular formula is C21H22N2O6. The number of nitrogens with zero attached hydrogens (tertiary/aromatic N) is 1. The Balaban J connectivity index is 1.75. The zero-order valence-electron chi connectivity index (χ0n) is 16.2. The summed E-state index contributed by atoms with van der Waals surface area (Å²) >= 11 is 0. The van der Waals surface area contributed by atoms with E-state index in [9.17, 15) is 19.7 Å². The molecule has 8 nitrogen and oxygen atoms in total. The number of non-ortho nitro benzene ring substituents is 1. The Morgan fingerprint density at radius 2 is 1.93 bits per heavy atom. The molecule has 0 unspecified atom stereocenters. The minimum Gasteiger partial charge on any atom is -0.497 e. The molecule has 2 rings (SSSR count). The summed E-state index contributed by atoms with van der Waals surface area (Å²) < 4.78 is 10.3. The van der Waals surface area contributed by atoms with Crippen LogP contribution in [-0.4, -0.2) is 30.5 Å². The van der Waals surface area contributed by atoms with Gasteiger partial charge in [0.25, 0.3) is 5.69 Å². The predicted molar refractivity (Wildman–Crippen MR) is 107 cm³/mol. The van der Waals surface area contributed by atoms with Crippen LogP contribution in [0, 0.1) is 10.1 Å². The molecule has 0 aromatic heterocycles. The van der Waals surface area contributed by atoms with E-state index >= 15 is 0 Å². The van der Waals surface area contributed by atoms with Crippen molar-refractivity contribution in [3.8, 4) is 5.75 Å². The second-order valence-corrected chi connectivity index (χ2v) is 6.13. The van der Waals surface area contributed by atoms with Gasteiger partial charge < -0.3 is 14.8 Å². The molecule has 1 N–H and O–H groups in total. The van der Waals surface area contributed by atoms with Crippen LogP contribution in [0.25, 0.3) is 6.08 Å². The third kappa shape index (κ3) is 7.10. The Labute approximate surface area is 168 Å². The molecule has 29 heavy (non-hydrogen) atoms. The van der Waals surface area contributed by atoms with Crippen molar-refractivity contribution in [2.75, 3.05) is 13.7 Å². The lowest BCUT2D eigenvalue weighted by Crippen LogP contribution is -2.25. The fourth-order valence-electron chi connectivity index (χ4n) is 2.45. The van der Waals surface area contributed by atoms with Crippen LogP contribution in [-0.2, 0) is 14.3 Å². The number of rotatable bonds is 9. The molecule has 1 atom stereocenters. The van der Waals surface area contributed by atoms with E-state index in [1.54, 1.807) is 38.3 Å². The van der Waals surface area contributed by atoms with E-state index in [4.69, 9.17) is 9.47 Å². The molecule has 1 amide bonds. The van der Waals surface area contributed by atoms with Crippen LogP contribution in [0.4, 0.5) is 5.69 Å². The van der Waals surface area contributed by atoms with Crippen molar-refractivity contribution >= 4 is 23.6 Å². The van der Waals surface area contributed by atoms with E-state index < -0.39 is 17.0 Å². The highest BCUT2D eigenvalue weighted by Gasteiger charge is 2.15. The Morgan fingerprint density at radius 3 is 2.59 bits per heavy atom. The van der Waals surface area contributed by atoms with E-state index in [1.165, 1.54) is 24.3 Å². The zero-order chi connectivity index (χ0) is 21.2. The molecule has 0 bridgehead atoms. The Kier molecular flexibility index (Phi) is 7.90. The van der Waals surface area contributed by atoms with Gasteiger partial charge in [0.2, 0.25) is 5.91 Å². The van der Waals surface area contributed by atoms with Gasteiger partial charge in [-0.3, -0.25) is 19.7 Å². The third-order valence-electron chi connectivity index (χ3n) is 4.03. The normalized spacial score (nSPS) is 11.7. The number of hydrogen-bond donors (Lipinski definition) is 1. The van der Waals surface area contributed by atoms with Crippen LogP contribution in [0.5, 0.6) is 5.75 Å². The average molecular weight is 398 g/mol. The van der Waals surface area contributed by atoms with E-state index in [-0.39, 0.29) is 24.6 Å². The number of benzene rings is 2. The van der Waals surface area contributed by atoms with Crippen molar-refractivity contribution in [2.45, 2.75) is 19.4 Å². The Bertz CT molecular complexity index is 892. The van der Waals surface area contributed by atoms with Gasteiger partial charge in [-0.15, -0.1) is 0 Å². The fourth-order valence-corrected chi connectivity index (χ4v) is 2.45. The van der Waals surface area contributed by atoms with Gasteiger partial charge >= 0.3 is 5.97 Å². The van der Waals surface area contributed by atoms with Crippen molar-refractivity contribution in [1.29, 1.82) is 0 Å². The third-order valence-corrected chi connectivity index (χ3v) is 4.03. The molecular weight excluding hydrogens is 376 g/mol. The summed E-state index contributed by atoms with van der Waals surface area (Å²) in [5, 5.41) is 13.4. The van der Waals surface area contributed by atoms with Gasteiger partial charge in [0.1, 0.15) is 11.9 Å². The second kappa shape index (κ2) is 10.6. The number of amides is 1. The van der Waals surface area contributed by atoms with Gasteiger partial charge in [-0.1, -0.05) is 24.3 Å². The van der Waals surface area contributed by atoms with Crippen LogP contribution in [0.15, 0.2) is 54.6 Å². The van der Waals surface area contributed by atoms with Gasteiger partial charge in [-0.2, -0.15) is 0 Å². The number of carbonyl (C=O) groups is 2. The molecule has 0 fully saturated rings. The van der Waals surface area contributed by atoms with Crippen molar-refractivity contribution < 1.29 is 24.0 Å². The number of hydrogen-bond acceptors (Lipinski definition) is 6. The minimum atomic E-state index is -0.631. The molecule has 2 aromatic rings. The summed E-state index contributed by atoms with van der Waals surface area (Å²) in [6.45, 7) is 1.75. The van der Waals surface area contributed by atoms with Crippen molar-refractivity contribution in [1.82, 2.24) is 5.32 Å². The van der Waals surface area contributed by atoms with Gasteiger partial charge in [0, 0.05) is 24.8 Å². The lowest BCUT2D eigenvalue weighted by molar-refractivity contribution is -0.385. The van der Waals surface area contributed by atoms with E-state index in [1.807, 2.05) is 12.1 Å². The van der Waals surface area contributed by atoms with Crippen LogP contribution < -0.4 is 10.1 Å². The first-order valence-corrected chi connectivity index (χ1v) is 8.93. The van der Waals surface area contributed by atoms with Crippen LogP contribution in [0.3, 0.4) is 0 Å². The van der Waals surface area contributed by atoms with Gasteiger partial charge in [-0.25, -0.2) is 0 Å². The molecule has 0 saturated carbocycles. The number of ether oxygens (including phenoxy) is 2. The summed E-state index contributed by atoms with van der Waals surface area (Å²) in [5.41, 5.74) is 1.30. The molecule has 0 radical (unpaired) electrons. The number of esters is 1. The number of nitro groups is 1. The van der Waals surface area contributed by atoms with Crippen molar-refractivity contribution in [2.24, 2.45) is 0 Å². The van der Waals surface area contributed by atoms with Crippen LogP contribution in [0.1, 0.15) is 30.6 Å². The van der Waals surface area contributed by atoms with E-state index in [0.29, 0.717) is 5.56 Å². The van der Waals surface area contributed by atoms with Crippen molar-refractivity contribution in [3.63, 3.8) is 0 Å². The number of nitrogens with one attached hydrogen (secondary N) is 1. The Morgan fingerprint density at radius 1 is 1.21 bits per heavy atom. The monoisotopic (exact) mass is 398 g/mol. The maximum Gasteiger partial charge on any atom is 0.308 e. The van der Waals surface area contributed by atoms with Gasteiger partial charge in [-0.05, 0) is 36.3 Å². The summed E-state index contributed by atoms with van der Waals surface area (Å²) in [7, 11) is 1.58. The number of nitro benzene ring substituents is 1. The van der Waals surface area contributed by atoms with E-state index in [0.717, 1.165) is 11.3 Å². The maximum atomic E-state index is 11.9. The first-order chi connectivity index (χ1) is 13.9. The molecule has 0 aliphatic heterocycles. The lowest BCUT2D eigenvalue weighted by atomic mass is 10.1. The second-order valence-electron chi connectivity index (χ2n) is 6.13. The lowest BCUT2D eigenvalue weighted by Gasteiger charge is -2.13. The van der Waals surface area contributed by atoms with Gasteiger partial charge in [0.05, 0.1) is 18.5 Å². The van der Waals surface area contributed by atoms with Crippen LogP contribution in [0.2, 0.25) is 0 Å². The molecule has 0 spiro atoms. The summed E-state index contributed by atoms with van der Waals surface area (Å²) in [6, 6.07) is 13.1. The van der Waals surface area contributed by atoms with Crippen LogP contribution >= 0.6 is 0 Å². The zero-order valence-corrected chi connectivity index (χ0v) is 16.2. The molecule has 0 aliphatic rings. The van der Waals surface area contributed by atoms with Gasteiger partial charge in [0.15, 0.2) is 0 Å². The maximum absolute atomic E-state index is 11.9. The highest BCUT2D eigenvalue weighted by atomic mass is 16.6. The Hall–Kier alpha value is -3.68. The fraction of sp³-hybridized carbons (Fsp3) is 0.238. The topological polar surface area (TPSA) is 108 Å².